The van der Waals surface area contributed by atoms with Gasteiger partial charge in [0.2, 0.25) is 0 Å². The molecule has 1 unspecified atom stereocenters. The van der Waals surface area contributed by atoms with Crippen molar-refractivity contribution in [1.82, 2.24) is 10.6 Å². The second-order valence-electron chi connectivity index (χ2n) is 7.48. The SMILES string of the molecule is CCNC(=NCC(C)(O)c1cc(C)oc1C)NCCc1c(OC)cc(OC)cc1OC. The minimum atomic E-state index is -1.13. The molecule has 1 aromatic carbocycles. The molecule has 3 N–H and O–H groups in total. The lowest BCUT2D eigenvalue weighted by molar-refractivity contribution is 0.0657. The van der Waals surface area contributed by atoms with E-state index >= 15 is 0 Å². The molecule has 2 aromatic rings. The van der Waals surface area contributed by atoms with Gasteiger partial charge in [0.1, 0.15) is 34.4 Å². The van der Waals surface area contributed by atoms with E-state index in [-0.39, 0.29) is 6.54 Å². The predicted octanol–water partition coefficient (Wildman–Crippen LogP) is 2.93. The maximum atomic E-state index is 10.9. The number of hydrogen-bond acceptors (Lipinski definition) is 6. The van der Waals surface area contributed by atoms with E-state index in [1.54, 1.807) is 28.3 Å². The van der Waals surface area contributed by atoms with Crippen LogP contribution in [0.4, 0.5) is 0 Å². The van der Waals surface area contributed by atoms with Crippen LogP contribution >= 0.6 is 0 Å². The average molecular weight is 434 g/mol. The van der Waals surface area contributed by atoms with Crippen molar-refractivity contribution < 1.29 is 23.7 Å². The summed E-state index contributed by atoms with van der Waals surface area (Å²) in [5.74, 6) is 4.17. The molecule has 0 spiro atoms. The van der Waals surface area contributed by atoms with Crippen LogP contribution in [-0.4, -0.2) is 52.0 Å². The highest BCUT2D eigenvalue weighted by Gasteiger charge is 2.27. The first-order valence-electron chi connectivity index (χ1n) is 10.4. The minimum absolute atomic E-state index is 0.192. The highest BCUT2D eigenvalue weighted by atomic mass is 16.5. The molecule has 0 fully saturated rings. The predicted molar refractivity (Wildman–Crippen MR) is 122 cm³/mol. The van der Waals surface area contributed by atoms with E-state index in [2.05, 4.69) is 15.6 Å². The Bertz CT molecular complexity index is 864. The second-order valence-corrected chi connectivity index (χ2v) is 7.48. The Balaban J connectivity index is 2.10. The van der Waals surface area contributed by atoms with E-state index in [9.17, 15) is 5.11 Å². The molecule has 8 nitrogen and oxygen atoms in total. The summed E-state index contributed by atoms with van der Waals surface area (Å²) in [5, 5.41) is 17.4. The van der Waals surface area contributed by atoms with Crippen molar-refractivity contribution in [1.29, 1.82) is 0 Å². The van der Waals surface area contributed by atoms with E-state index in [0.717, 1.165) is 16.9 Å². The molecule has 0 aliphatic heterocycles. The summed E-state index contributed by atoms with van der Waals surface area (Å²) in [6.45, 7) is 8.93. The molecule has 0 aliphatic rings. The molecule has 0 saturated carbocycles. The highest BCUT2D eigenvalue weighted by molar-refractivity contribution is 5.79. The number of nitrogens with one attached hydrogen (secondary N) is 2. The summed E-state index contributed by atoms with van der Waals surface area (Å²) in [7, 11) is 4.85. The van der Waals surface area contributed by atoms with Crippen LogP contribution in [0.2, 0.25) is 0 Å². The molecule has 0 amide bonds. The maximum absolute atomic E-state index is 10.9. The van der Waals surface area contributed by atoms with E-state index in [1.165, 1.54) is 0 Å². The van der Waals surface area contributed by atoms with Crippen LogP contribution in [0.25, 0.3) is 0 Å². The molecule has 0 saturated heterocycles. The summed E-state index contributed by atoms with van der Waals surface area (Å²) >= 11 is 0. The summed E-state index contributed by atoms with van der Waals surface area (Å²) in [5.41, 5.74) is 0.551. The lowest BCUT2D eigenvalue weighted by Gasteiger charge is -2.22. The van der Waals surface area contributed by atoms with Crippen molar-refractivity contribution in [2.24, 2.45) is 4.99 Å². The Kier molecular flexibility index (Phi) is 8.62. The normalized spacial score (nSPS) is 13.5. The fourth-order valence-corrected chi connectivity index (χ4v) is 3.46. The average Bonchev–Trinajstić information content (AvgIpc) is 3.10. The van der Waals surface area contributed by atoms with E-state index in [1.807, 2.05) is 39.0 Å². The summed E-state index contributed by atoms with van der Waals surface area (Å²) < 4.78 is 21.9. The topological polar surface area (TPSA) is 97.5 Å². The van der Waals surface area contributed by atoms with Gasteiger partial charge in [0.05, 0.1) is 27.9 Å². The number of nitrogens with zero attached hydrogens (tertiary/aromatic N) is 1. The zero-order valence-electron chi connectivity index (χ0n) is 19.6. The van der Waals surface area contributed by atoms with Crippen LogP contribution < -0.4 is 24.8 Å². The Hall–Kier alpha value is -2.87. The van der Waals surface area contributed by atoms with Crippen molar-refractivity contribution in [3.63, 3.8) is 0 Å². The maximum Gasteiger partial charge on any atom is 0.191 e. The number of methoxy groups -OCH3 is 3. The third-order valence-corrected chi connectivity index (χ3v) is 5.00. The molecule has 0 aliphatic carbocycles. The van der Waals surface area contributed by atoms with Gasteiger partial charge in [0, 0.05) is 36.3 Å². The van der Waals surface area contributed by atoms with Crippen LogP contribution in [0.15, 0.2) is 27.6 Å². The number of rotatable bonds is 10. The quantitative estimate of drug-likeness (QED) is 0.391. The molecule has 0 bridgehead atoms. The number of furan rings is 1. The monoisotopic (exact) mass is 433 g/mol. The summed E-state index contributed by atoms with van der Waals surface area (Å²) in [6.07, 6.45) is 0.650. The minimum Gasteiger partial charge on any atom is -0.496 e. The summed E-state index contributed by atoms with van der Waals surface area (Å²) in [6, 6.07) is 5.53. The van der Waals surface area contributed by atoms with Crippen molar-refractivity contribution in [2.45, 2.75) is 39.7 Å². The van der Waals surface area contributed by atoms with Gasteiger partial charge >= 0.3 is 0 Å². The number of ether oxygens (including phenoxy) is 3. The van der Waals surface area contributed by atoms with Crippen LogP contribution in [0.1, 0.15) is 36.5 Å². The van der Waals surface area contributed by atoms with Gasteiger partial charge in [-0.3, -0.25) is 0 Å². The zero-order valence-corrected chi connectivity index (χ0v) is 19.6. The first-order valence-corrected chi connectivity index (χ1v) is 10.4. The van der Waals surface area contributed by atoms with E-state index < -0.39 is 5.60 Å². The molecule has 0 radical (unpaired) electrons. The smallest absolute Gasteiger partial charge is 0.191 e. The molecule has 1 atom stereocenters. The Morgan fingerprint density at radius 1 is 1.06 bits per heavy atom. The van der Waals surface area contributed by atoms with Gasteiger partial charge < -0.3 is 34.4 Å². The molecule has 172 valence electrons. The Morgan fingerprint density at radius 2 is 1.71 bits per heavy atom. The van der Waals surface area contributed by atoms with Crippen molar-refractivity contribution >= 4 is 5.96 Å². The van der Waals surface area contributed by atoms with Gasteiger partial charge in [0.25, 0.3) is 0 Å². The van der Waals surface area contributed by atoms with E-state index in [4.69, 9.17) is 18.6 Å². The van der Waals surface area contributed by atoms with Crippen molar-refractivity contribution in [3.05, 3.63) is 40.8 Å². The first kappa shape index (κ1) is 24.4. The Morgan fingerprint density at radius 3 is 2.19 bits per heavy atom. The number of aliphatic hydroxyl groups is 1. The fourth-order valence-electron chi connectivity index (χ4n) is 3.46. The molecule has 2 rings (SSSR count). The lowest BCUT2D eigenvalue weighted by Crippen LogP contribution is -2.39. The number of guanidine groups is 1. The van der Waals surface area contributed by atoms with Crippen molar-refractivity contribution in [2.75, 3.05) is 41.0 Å². The number of hydrogen-bond donors (Lipinski definition) is 3. The molecular weight excluding hydrogens is 398 g/mol. The van der Waals surface area contributed by atoms with Gasteiger partial charge in [0.15, 0.2) is 5.96 Å². The van der Waals surface area contributed by atoms with Gasteiger partial charge in [-0.1, -0.05) is 0 Å². The van der Waals surface area contributed by atoms with Crippen LogP contribution in [0.3, 0.4) is 0 Å². The third kappa shape index (κ3) is 6.30. The van der Waals surface area contributed by atoms with Gasteiger partial charge in [-0.2, -0.15) is 0 Å². The fraction of sp³-hybridized carbons (Fsp3) is 0.522. The van der Waals surface area contributed by atoms with Crippen molar-refractivity contribution in [3.8, 4) is 17.2 Å². The summed E-state index contributed by atoms with van der Waals surface area (Å²) in [4.78, 5) is 4.58. The van der Waals surface area contributed by atoms with Gasteiger partial charge in [-0.15, -0.1) is 0 Å². The van der Waals surface area contributed by atoms with Crippen LogP contribution in [-0.2, 0) is 12.0 Å². The zero-order chi connectivity index (χ0) is 23.0. The van der Waals surface area contributed by atoms with Crippen LogP contribution in [0, 0.1) is 13.8 Å². The number of benzene rings is 1. The molecule has 31 heavy (non-hydrogen) atoms. The molecular formula is C23H35N3O5. The molecule has 1 aromatic heterocycles. The van der Waals surface area contributed by atoms with E-state index in [0.29, 0.717) is 48.5 Å². The first-order chi connectivity index (χ1) is 14.7. The molecule has 8 heteroatoms. The Labute approximate surface area is 184 Å². The van der Waals surface area contributed by atoms with Gasteiger partial charge in [-0.25, -0.2) is 4.99 Å². The number of aryl methyl sites for hydroxylation is 2. The number of aliphatic imine (C=N–C) groups is 1. The van der Waals surface area contributed by atoms with Crippen LogP contribution in [0.5, 0.6) is 17.2 Å². The second kappa shape index (κ2) is 10.9. The van der Waals surface area contributed by atoms with Gasteiger partial charge in [-0.05, 0) is 40.2 Å². The molecule has 1 heterocycles. The third-order valence-electron chi connectivity index (χ3n) is 5.00. The standard InChI is InChI=1S/C23H35N3O5/c1-8-24-22(26-14-23(4,27)19-11-15(2)31-16(19)3)25-10-9-18-20(29-6)12-17(28-5)13-21(18)30-7/h11-13,27H,8-10,14H2,1-7H3,(H2,24,25,26). The lowest BCUT2D eigenvalue weighted by atomic mass is 9.96. The largest absolute Gasteiger partial charge is 0.496 e. The highest BCUT2D eigenvalue weighted by Crippen LogP contribution is 2.34.